The summed E-state index contributed by atoms with van der Waals surface area (Å²) in [5.41, 5.74) is 3.72. The van der Waals surface area contributed by atoms with Crippen molar-refractivity contribution in [1.82, 2.24) is 14.4 Å². The van der Waals surface area contributed by atoms with Crippen LogP contribution in [0.4, 0.5) is 14.5 Å². The largest absolute Gasteiger partial charge is 0.381 e. The molecule has 1 amide bonds. The van der Waals surface area contributed by atoms with E-state index in [9.17, 15) is 18.4 Å². The van der Waals surface area contributed by atoms with E-state index in [2.05, 4.69) is 9.97 Å². The van der Waals surface area contributed by atoms with Crippen molar-refractivity contribution in [2.75, 3.05) is 18.1 Å². The van der Waals surface area contributed by atoms with Gasteiger partial charge in [0.2, 0.25) is 0 Å². The van der Waals surface area contributed by atoms with Crippen molar-refractivity contribution in [2.24, 2.45) is 0 Å². The van der Waals surface area contributed by atoms with Gasteiger partial charge in [-0.2, -0.15) is 0 Å². The third-order valence-corrected chi connectivity index (χ3v) is 7.18. The number of halogens is 2. The maximum Gasteiger partial charge on any atom is 0.274 e. The Morgan fingerprint density at radius 2 is 1.82 bits per heavy atom. The minimum Gasteiger partial charge on any atom is -0.381 e. The fourth-order valence-electron chi connectivity index (χ4n) is 5.62. The highest BCUT2D eigenvalue weighted by molar-refractivity contribution is 6.14. The Morgan fingerprint density at radius 3 is 2.64 bits per heavy atom. The molecule has 0 bridgehead atoms. The van der Waals surface area contributed by atoms with Crippen molar-refractivity contribution in [3.8, 4) is 0 Å². The lowest BCUT2D eigenvalue weighted by Crippen LogP contribution is -2.24. The van der Waals surface area contributed by atoms with Crippen LogP contribution in [0.3, 0.4) is 0 Å². The molecule has 9 heteroatoms. The molecule has 1 atom stereocenters. The predicted octanol–water partition coefficient (Wildman–Crippen LogP) is 3.61. The predicted molar refractivity (Wildman–Crippen MR) is 116 cm³/mol. The Kier molecular flexibility index (Phi) is 3.72. The first-order valence-corrected chi connectivity index (χ1v) is 11.0. The van der Waals surface area contributed by atoms with Crippen molar-refractivity contribution >= 4 is 28.1 Å². The van der Waals surface area contributed by atoms with Gasteiger partial charge in [-0.15, -0.1) is 0 Å². The molecule has 1 saturated heterocycles. The summed E-state index contributed by atoms with van der Waals surface area (Å²) in [5, 5.41) is 0. The molecule has 5 heterocycles. The van der Waals surface area contributed by atoms with Crippen molar-refractivity contribution in [3.05, 3.63) is 75.0 Å². The third kappa shape index (κ3) is 2.48. The number of nitrogens with one attached hydrogen (secondary N) is 1. The molecule has 1 N–H and O–H groups in total. The van der Waals surface area contributed by atoms with Crippen molar-refractivity contribution in [1.29, 1.82) is 0 Å². The highest BCUT2D eigenvalue weighted by atomic mass is 19.2. The van der Waals surface area contributed by atoms with Gasteiger partial charge in [0.15, 0.2) is 11.6 Å². The topological polar surface area (TPSA) is 79.7 Å². The summed E-state index contributed by atoms with van der Waals surface area (Å²) >= 11 is 0. The molecule has 0 spiro atoms. The molecule has 7 nitrogen and oxygen atoms in total. The minimum absolute atomic E-state index is 0.166. The molecule has 3 aliphatic rings. The van der Waals surface area contributed by atoms with E-state index in [0.29, 0.717) is 47.5 Å². The lowest BCUT2D eigenvalue weighted by molar-refractivity contribution is 0.0835. The van der Waals surface area contributed by atoms with Crippen LogP contribution in [-0.2, 0) is 11.2 Å². The normalized spacial score (nSPS) is 20.0. The van der Waals surface area contributed by atoms with E-state index >= 15 is 0 Å². The Hall–Kier alpha value is -3.59. The maximum absolute atomic E-state index is 13.9. The van der Waals surface area contributed by atoms with E-state index in [0.717, 1.165) is 35.8 Å². The summed E-state index contributed by atoms with van der Waals surface area (Å²) in [4.78, 5) is 35.1. The van der Waals surface area contributed by atoms with E-state index in [1.54, 1.807) is 12.3 Å². The second-order valence-corrected chi connectivity index (χ2v) is 8.92. The number of hydrogen-bond acceptors (Lipinski definition) is 4. The monoisotopic (exact) mass is 448 g/mol. The molecule has 0 radical (unpaired) electrons. The number of anilines is 1. The van der Waals surface area contributed by atoms with E-state index in [1.807, 2.05) is 10.5 Å². The lowest BCUT2D eigenvalue weighted by atomic mass is 9.98. The number of carbonyl (C=O) groups excluding carboxylic acids is 1. The van der Waals surface area contributed by atoms with Gasteiger partial charge in [0, 0.05) is 30.8 Å². The molecular weight excluding hydrogens is 430 g/mol. The van der Waals surface area contributed by atoms with Gasteiger partial charge >= 0.3 is 0 Å². The zero-order valence-electron chi connectivity index (χ0n) is 17.4. The molecule has 33 heavy (non-hydrogen) atoms. The number of amides is 1. The van der Waals surface area contributed by atoms with Gasteiger partial charge in [-0.1, -0.05) is 0 Å². The highest BCUT2D eigenvalue weighted by Crippen LogP contribution is 2.48. The van der Waals surface area contributed by atoms with Crippen LogP contribution in [0.2, 0.25) is 0 Å². The molecule has 2 aromatic carbocycles. The molecule has 0 saturated carbocycles. The van der Waals surface area contributed by atoms with E-state index in [1.165, 1.54) is 11.0 Å². The van der Waals surface area contributed by atoms with Gasteiger partial charge in [0.25, 0.3) is 11.5 Å². The fourth-order valence-corrected chi connectivity index (χ4v) is 5.62. The van der Waals surface area contributed by atoms with Gasteiger partial charge in [-0.05, 0) is 48.6 Å². The first kappa shape index (κ1) is 18.9. The quantitative estimate of drug-likeness (QED) is 0.483. The summed E-state index contributed by atoms with van der Waals surface area (Å²) in [6.45, 7) is 1.29. The second-order valence-electron chi connectivity index (χ2n) is 8.92. The van der Waals surface area contributed by atoms with E-state index in [-0.39, 0.29) is 23.4 Å². The SMILES string of the molecule is O=C1c2cc3[nH]c(=O)c4cnc(C5CCOCC5)n4c3cc2C2Cc3cc(F)c(F)cc3N12. The summed E-state index contributed by atoms with van der Waals surface area (Å²) < 4.78 is 35.1. The van der Waals surface area contributed by atoms with Crippen LogP contribution < -0.4 is 10.5 Å². The number of imidazole rings is 1. The van der Waals surface area contributed by atoms with Gasteiger partial charge in [0.05, 0.1) is 29.0 Å². The first-order valence-electron chi connectivity index (χ1n) is 11.0. The average molecular weight is 448 g/mol. The van der Waals surface area contributed by atoms with Crippen molar-refractivity contribution in [2.45, 2.75) is 31.2 Å². The highest BCUT2D eigenvalue weighted by Gasteiger charge is 2.44. The standard InChI is InChI=1S/C24H18F2N4O3/c25-15-5-12-6-19-13-8-20-17(7-14(13)24(32)30(19)18(12)9-16(15)26)28-23(31)21-10-27-22(29(20)21)11-1-3-33-4-2-11/h5,7-11,19H,1-4,6H2,(H,28,31). The van der Waals surface area contributed by atoms with Crippen LogP contribution in [-0.4, -0.2) is 33.5 Å². The van der Waals surface area contributed by atoms with E-state index < -0.39 is 11.6 Å². The summed E-state index contributed by atoms with van der Waals surface area (Å²) in [7, 11) is 0. The number of rotatable bonds is 1. The van der Waals surface area contributed by atoms with Gasteiger partial charge < -0.3 is 14.6 Å². The Bertz CT molecular complexity index is 1570. The lowest BCUT2D eigenvalue weighted by Gasteiger charge is -2.21. The molecular formula is C24H18F2N4O3. The fraction of sp³-hybridized carbons (Fsp3) is 0.292. The second kappa shape index (κ2) is 6.48. The number of nitrogens with zero attached hydrogens (tertiary/aromatic N) is 3. The van der Waals surface area contributed by atoms with Crippen LogP contribution in [0.1, 0.15) is 52.1 Å². The smallest absolute Gasteiger partial charge is 0.274 e. The molecule has 3 aliphatic heterocycles. The van der Waals surface area contributed by atoms with Crippen LogP contribution in [0.25, 0.3) is 16.6 Å². The number of fused-ring (bicyclic) bond motifs is 8. The van der Waals surface area contributed by atoms with Crippen molar-refractivity contribution < 1.29 is 18.3 Å². The molecule has 4 aromatic rings. The summed E-state index contributed by atoms with van der Waals surface area (Å²) in [6, 6.07) is 5.53. The van der Waals surface area contributed by atoms with Gasteiger partial charge in [-0.25, -0.2) is 13.8 Å². The Balaban J connectivity index is 1.45. The Labute approximate surface area is 185 Å². The minimum atomic E-state index is -0.978. The number of aromatic amines is 1. The number of hydrogen-bond donors (Lipinski definition) is 1. The molecule has 0 aliphatic carbocycles. The number of benzene rings is 2. The zero-order valence-corrected chi connectivity index (χ0v) is 17.4. The third-order valence-electron chi connectivity index (χ3n) is 7.18. The molecule has 166 valence electrons. The number of aromatic nitrogens is 3. The molecule has 7 rings (SSSR count). The maximum atomic E-state index is 13.9. The summed E-state index contributed by atoms with van der Waals surface area (Å²) in [5.74, 6) is -1.20. The van der Waals surface area contributed by atoms with Gasteiger partial charge in [0.1, 0.15) is 11.3 Å². The van der Waals surface area contributed by atoms with E-state index in [4.69, 9.17) is 4.74 Å². The molecule has 1 fully saturated rings. The number of ether oxygens (including phenoxy) is 1. The van der Waals surface area contributed by atoms with Crippen LogP contribution >= 0.6 is 0 Å². The van der Waals surface area contributed by atoms with Crippen LogP contribution in [0.15, 0.2) is 35.3 Å². The van der Waals surface area contributed by atoms with Crippen LogP contribution in [0.5, 0.6) is 0 Å². The zero-order chi connectivity index (χ0) is 22.4. The van der Waals surface area contributed by atoms with Gasteiger partial charge in [-0.3, -0.25) is 14.0 Å². The molecule has 2 aromatic heterocycles. The van der Waals surface area contributed by atoms with Crippen molar-refractivity contribution in [3.63, 3.8) is 0 Å². The number of carbonyl (C=O) groups is 1. The summed E-state index contributed by atoms with van der Waals surface area (Å²) in [6.07, 6.45) is 3.63. The van der Waals surface area contributed by atoms with Crippen LogP contribution in [0, 0.1) is 11.6 Å². The average Bonchev–Trinajstić information content (AvgIpc) is 3.48. The molecule has 1 unspecified atom stereocenters. The number of H-pyrrole nitrogens is 1. The first-order chi connectivity index (χ1) is 16.0. The Morgan fingerprint density at radius 1 is 1.03 bits per heavy atom.